The van der Waals surface area contributed by atoms with Gasteiger partial charge < -0.3 is 15.0 Å². The van der Waals surface area contributed by atoms with Gasteiger partial charge in [0.05, 0.1) is 12.0 Å². The first-order valence-electron chi connectivity index (χ1n) is 7.00. The van der Waals surface area contributed by atoms with Crippen LogP contribution in [0.3, 0.4) is 0 Å². The lowest BCUT2D eigenvalue weighted by molar-refractivity contribution is -0.154. The predicted molar refractivity (Wildman–Crippen MR) is 72.8 cm³/mol. The molecule has 1 fully saturated rings. The lowest BCUT2D eigenvalue weighted by atomic mass is 9.71. The van der Waals surface area contributed by atoms with Gasteiger partial charge in [0.15, 0.2) is 0 Å². The van der Waals surface area contributed by atoms with Crippen molar-refractivity contribution in [2.45, 2.75) is 45.1 Å². The lowest BCUT2D eigenvalue weighted by Gasteiger charge is -2.32. The van der Waals surface area contributed by atoms with Gasteiger partial charge in [-0.15, -0.1) is 0 Å². The SMILES string of the molecule is Cn1ccnc1CNC(=O)CC1(C(=O)O)CCCCC1. The van der Waals surface area contributed by atoms with Gasteiger partial charge in [0.2, 0.25) is 5.91 Å². The summed E-state index contributed by atoms with van der Waals surface area (Å²) in [5.41, 5.74) is -0.871. The van der Waals surface area contributed by atoms with E-state index in [0.717, 1.165) is 25.1 Å². The Morgan fingerprint density at radius 3 is 2.65 bits per heavy atom. The number of aliphatic carboxylic acids is 1. The van der Waals surface area contributed by atoms with Crippen LogP contribution in [0.5, 0.6) is 0 Å². The maximum Gasteiger partial charge on any atom is 0.310 e. The summed E-state index contributed by atoms with van der Waals surface area (Å²) < 4.78 is 1.83. The second-order valence-electron chi connectivity index (χ2n) is 5.55. The van der Waals surface area contributed by atoms with Gasteiger partial charge in [0, 0.05) is 25.9 Å². The minimum absolute atomic E-state index is 0.0623. The Hall–Kier alpha value is -1.85. The zero-order valence-electron chi connectivity index (χ0n) is 11.8. The molecule has 20 heavy (non-hydrogen) atoms. The molecule has 6 nitrogen and oxygen atoms in total. The minimum atomic E-state index is -0.871. The van der Waals surface area contributed by atoms with E-state index in [1.807, 2.05) is 11.6 Å². The van der Waals surface area contributed by atoms with E-state index < -0.39 is 11.4 Å². The van der Waals surface area contributed by atoms with E-state index in [1.165, 1.54) is 0 Å². The molecule has 1 aliphatic carbocycles. The molecule has 0 radical (unpaired) electrons. The van der Waals surface area contributed by atoms with Crippen LogP contribution in [0.1, 0.15) is 44.3 Å². The van der Waals surface area contributed by atoms with E-state index >= 15 is 0 Å². The fraction of sp³-hybridized carbons (Fsp3) is 0.643. The van der Waals surface area contributed by atoms with Gasteiger partial charge in [-0.05, 0) is 12.8 Å². The summed E-state index contributed by atoms with van der Waals surface area (Å²) in [4.78, 5) is 27.6. The van der Waals surface area contributed by atoms with Crippen molar-refractivity contribution in [3.63, 3.8) is 0 Å². The average molecular weight is 279 g/mol. The minimum Gasteiger partial charge on any atom is -0.481 e. The number of carboxylic acid groups (broad SMARTS) is 1. The van der Waals surface area contributed by atoms with Crippen LogP contribution < -0.4 is 5.32 Å². The number of nitrogens with one attached hydrogen (secondary N) is 1. The van der Waals surface area contributed by atoms with Gasteiger partial charge in [-0.3, -0.25) is 9.59 Å². The zero-order chi connectivity index (χ0) is 14.6. The van der Waals surface area contributed by atoms with Crippen LogP contribution in [0.15, 0.2) is 12.4 Å². The predicted octanol–water partition coefficient (Wildman–Crippen LogP) is 1.46. The van der Waals surface area contributed by atoms with Gasteiger partial charge in [0.1, 0.15) is 5.82 Å². The highest BCUT2D eigenvalue weighted by Crippen LogP contribution is 2.39. The van der Waals surface area contributed by atoms with Crippen LogP contribution in [0.4, 0.5) is 0 Å². The molecule has 1 aromatic heterocycles. The molecule has 0 bridgehead atoms. The Morgan fingerprint density at radius 1 is 1.40 bits per heavy atom. The van der Waals surface area contributed by atoms with Crippen molar-refractivity contribution in [1.82, 2.24) is 14.9 Å². The second-order valence-corrected chi connectivity index (χ2v) is 5.55. The first-order valence-corrected chi connectivity index (χ1v) is 7.00. The van der Waals surface area contributed by atoms with Crippen LogP contribution in [-0.4, -0.2) is 26.5 Å². The molecule has 0 atom stereocenters. The van der Waals surface area contributed by atoms with Crippen LogP contribution >= 0.6 is 0 Å². The first kappa shape index (κ1) is 14.6. The molecule has 0 saturated heterocycles. The number of aromatic nitrogens is 2. The molecule has 2 rings (SSSR count). The number of carboxylic acids is 1. The molecular weight excluding hydrogens is 258 g/mol. The van der Waals surface area contributed by atoms with E-state index in [0.29, 0.717) is 19.4 Å². The lowest BCUT2D eigenvalue weighted by Crippen LogP contribution is -2.39. The van der Waals surface area contributed by atoms with Crippen molar-refractivity contribution in [2.75, 3.05) is 0 Å². The molecule has 110 valence electrons. The number of amides is 1. The van der Waals surface area contributed by atoms with Crippen molar-refractivity contribution in [3.05, 3.63) is 18.2 Å². The van der Waals surface area contributed by atoms with Gasteiger partial charge in [-0.25, -0.2) is 4.98 Å². The van der Waals surface area contributed by atoms with E-state index in [1.54, 1.807) is 12.4 Å². The molecule has 1 saturated carbocycles. The summed E-state index contributed by atoms with van der Waals surface area (Å²) in [6.45, 7) is 0.331. The van der Waals surface area contributed by atoms with E-state index in [2.05, 4.69) is 10.3 Å². The van der Waals surface area contributed by atoms with Crippen LogP contribution in [0.2, 0.25) is 0 Å². The number of rotatable bonds is 5. The number of nitrogens with zero attached hydrogens (tertiary/aromatic N) is 2. The third-order valence-electron chi connectivity index (χ3n) is 4.13. The van der Waals surface area contributed by atoms with E-state index in [9.17, 15) is 14.7 Å². The molecular formula is C14H21N3O3. The number of carbonyl (C=O) groups excluding carboxylic acids is 1. The normalized spacial score (nSPS) is 17.6. The Labute approximate surface area is 118 Å². The average Bonchev–Trinajstić information content (AvgIpc) is 2.83. The molecule has 0 aliphatic heterocycles. The highest BCUT2D eigenvalue weighted by molar-refractivity contribution is 5.85. The Morgan fingerprint density at radius 2 is 2.10 bits per heavy atom. The first-order chi connectivity index (χ1) is 9.53. The quantitative estimate of drug-likeness (QED) is 0.854. The molecule has 1 aliphatic rings. The van der Waals surface area contributed by atoms with E-state index in [-0.39, 0.29) is 12.3 Å². The summed E-state index contributed by atoms with van der Waals surface area (Å²) in [5.74, 6) is -0.298. The van der Waals surface area contributed by atoms with Crippen molar-refractivity contribution in [1.29, 1.82) is 0 Å². The van der Waals surface area contributed by atoms with Gasteiger partial charge in [-0.1, -0.05) is 19.3 Å². The van der Waals surface area contributed by atoms with Crippen LogP contribution in [-0.2, 0) is 23.2 Å². The maximum atomic E-state index is 12.0. The van der Waals surface area contributed by atoms with E-state index in [4.69, 9.17) is 0 Å². The third kappa shape index (κ3) is 3.18. The van der Waals surface area contributed by atoms with Gasteiger partial charge in [0.25, 0.3) is 0 Å². The number of aryl methyl sites for hydroxylation is 1. The molecule has 0 spiro atoms. The molecule has 1 aromatic rings. The Balaban J connectivity index is 1.92. The third-order valence-corrected chi connectivity index (χ3v) is 4.13. The second kappa shape index (κ2) is 6.07. The Kier molecular flexibility index (Phi) is 4.42. The van der Waals surface area contributed by atoms with Crippen LogP contribution in [0.25, 0.3) is 0 Å². The standard InChI is InChI=1S/C14H21N3O3/c1-17-8-7-15-11(17)10-16-12(18)9-14(13(19)20)5-3-2-4-6-14/h7-8H,2-6,9-10H2,1H3,(H,16,18)(H,19,20). The Bertz CT molecular complexity index is 490. The largest absolute Gasteiger partial charge is 0.481 e. The molecule has 2 N–H and O–H groups in total. The summed E-state index contributed by atoms with van der Waals surface area (Å²) in [6.07, 6.45) is 7.56. The molecule has 1 amide bonds. The number of hydrogen-bond donors (Lipinski definition) is 2. The monoisotopic (exact) mass is 279 g/mol. The molecule has 0 unspecified atom stereocenters. The maximum absolute atomic E-state index is 12.0. The van der Waals surface area contributed by atoms with Crippen molar-refractivity contribution >= 4 is 11.9 Å². The highest BCUT2D eigenvalue weighted by atomic mass is 16.4. The summed E-state index contributed by atoms with van der Waals surface area (Å²) in [7, 11) is 1.86. The zero-order valence-corrected chi connectivity index (χ0v) is 11.8. The highest BCUT2D eigenvalue weighted by Gasteiger charge is 2.41. The molecule has 1 heterocycles. The molecule has 0 aromatic carbocycles. The summed E-state index contributed by atoms with van der Waals surface area (Å²) in [6, 6.07) is 0. The van der Waals surface area contributed by atoms with Gasteiger partial charge >= 0.3 is 5.97 Å². The number of imidazole rings is 1. The summed E-state index contributed by atoms with van der Waals surface area (Å²) in [5, 5.41) is 12.2. The topological polar surface area (TPSA) is 84.2 Å². The van der Waals surface area contributed by atoms with Crippen LogP contribution in [0, 0.1) is 5.41 Å². The fourth-order valence-electron chi connectivity index (χ4n) is 2.81. The van der Waals surface area contributed by atoms with Crippen molar-refractivity contribution in [2.24, 2.45) is 12.5 Å². The van der Waals surface area contributed by atoms with Gasteiger partial charge in [-0.2, -0.15) is 0 Å². The number of hydrogen-bond acceptors (Lipinski definition) is 3. The van der Waals surface area contributed by atoms with Crippen molar-refractivity contribution < 1.29 is 14.7 Å². The summed E-state index contributed by atoms with van der Waals surface area (Å²) >= 11 is 0. The molecule has 6 heteroatoms. The van der Waals surface area contributed by atoms with Crippen molar-refractivity contribution in [3.8, 4) is 0 Å². The fourth-order valence-corrected chi connectivity index (χ4v) is 2.81. The number of carbonyl (C=O) groups is 2. The smallest absolute Gasteiger partial charge is 0.310 e.